The molecule has 0 unspecified atom stereocenters. The van der Waals surface area contributed by atoms with Crippen LogP contribution in [0.4, 0.5) is 0 Å². The fourth-order valence-corrected chi connectivity index (χ4v) is 0.735. The Morgan fingerprint density at radius 2 is 1.88 bits per heavy atom. The zero-order valence-corrected chi connectivity index (χ0v) is 5.81. The number of hydrogen-bond donors (Lipinski definition) is 0. The highest BCUT2D eigenvalue weighted by Crippen LogP contribution is 2.05. The van der Waals surface area contributed by atoms with Gasteiger partial charge < -0.3 is 4.85 Å². The summed E-state index contributed by atoms with van der Waals surface area (Å²) in [6.45, 7) is 12.9. The standard InChI is InChI=1S/C7H13N/c1-6(2)5-7(3)8-4/h6-7H,5H2,1-3H3/t7-/m1/s1. The van der Waals surface area contributed by atoms with Crippen LogP contribution in [0.1, 0.15) is 27.2 Å². The first-order valence-electron chi connectivity index (χ1n) is 3.03. The molecule has 1 nitrogen and oxygen atoms in total. The van der Waals surface area contributed by atoms with Crippen LogP contribution in [-0.2, 0) is 0 Å². The van der Waals surface area contributed by atoms with Crippen LogP contribution in [0.25, 0.3) is 4.85 Å². The van der Waals surface area contributed by atoms with Crippen molar-refractivity contribution in [3.63, 3.8) is 0 Å². The molecular weight excluding hydrogens is 98.1 g/mol. The van der Waals surface area contributed by atoms with E-state index >= 15 is 0 Å². The van der Waals surface area contributed by atoms with Crippen LogP contribution < -0.4 is 0 Å². The molecule has 0 N–H and O–H groups in total. The molecule has 46 valence electrons. The van der Waals surface area contributed by atoms with Gasteiger partial charge in [-0.15, -0.1) is 0 Å². The zero-order chi connectivity index (χ0) is 6.57. The van der Waals surface area contributed by atoms with Gasteiger partial charge in [-0.2, -0.15) is 0 Å². The number of rotatable bonds is 2. The van der Waals surface area contributed by atoms with Gasteiger partial charge in [0.15, 0.2) is 0 Å². The molecule has 0 radical (unpaired) electrons. The minimum absolute atomic E-state index is 0.218. The van der Waals surface area contributed by atoms with E-state index < -0.39 is 0 Å². The van der Waals surface area contributed by atoms with Crippen LogP contribution in [0.2, 0.25) is 0 Å². The molecule has 0 aromatic heterocycles. The number of hydrogen-bond acceptors (Lipinski definition) is 0. The second-order valence-corrected chi connectivity index (χ2v) is 2.61. The predicted molar refractivity (Wildman–Crippen MR) is 35.5 cm³/mol. The van der Waals surface area contributed by atoms with Gasteiger partial charge in [0.05, 0.1) is 0 Å². The molecule has 0 rings (SSSR count). The van der Waals surface area contributed by atoms with Crippen LogP contribution in [0.3, 0.4) is 0 Å². The topological polar surface area (TPSA) is 4.36 Å². The smallest absolute Gasteiger partial charge is 0.221 e. The molecule has 0 aromatic rings. The van der Waals surface area contributed by atoms with E-state index in [1.165, 1.54) is 0 Å². The van der Waals surface area contributed by atoms with E-state index in [0.29, 0.717) is 5.92 Å². The summed E-state index contributed by atoms with van der Waals surface area (Å²) >= 11 is 0. The SMILES string of the molecule is [C-]#[N+][C@H](C)CC(C)C. The van der Waals surface area contributed by atoms with Gasteiger partial charge in [-0.05, 0) is 5.92 Å². The molecule has 0 aliphatic carbocycles. The van der Waals surface area contributed by atoms with Gasteiger partial charge in [0.25, 0.3) is 0 Å². The lowest BCUT2D eigenvalue weighted by molar-refractivity contribution is 0.556. The highest BCUT2D eigenvalue weighted by Gasteiger charge is 2.05. The minimum atomic E-state index is 0.218. The van der Waals surface area contributed by atoms with Crippen molar-refractivity contribution < 1.29 is 0 Å². The van der Waals surface area contributed by atoms with Gasteiger partial charge in [-0.1, -0.05) is 13.8 Å². The molecule has 0 fully saturated rings. The molecule has 0 aliphatic rings. The summed E-state index contributed by atoms with van der Waals surface area (Å²) in [6.07, 6.45) is 1.03. The van der Waals surface area contributed by atoms with Crippen molar-refractivity contribution in [2.45, 2.75) is 33.2 Å². The van der Waals surface area contributed by atoms with Crippen LogP contribution >= 0.6 is 0 Å². The Balaban J connectivity index is 3.28. The first-order valence-corrected chi connectivity index (χ1v) is 3.03. The van der Waals surface area contributed by atoms with Gasteiger partial charge in [-0.25, -0.2) is 6.57 Å². The number of nitrogens with zero attached hydrogens (tertiary/aromatic N) is 1. The molecule has 1 heteroatoms. The Bertz CT molecular complexity index is 89.1. The summed E-state index contributed by atoms with van der Waals surface area (Å²) < 4.78 is 0. The van der Waals surface area contributed by atoms with E-state index in [1.54, 1.807) is 0 Å². The second kappa shape index (κ2) is 3.49. The van der Waals surface area contributed by atoms with E-state index in [4.69, 9.17) is 6.57 Å². The van der Waals surface area contributed by atoms with E-state index in [9.17, 15) is 0 Å². The molecule has 0 amide bonds. The summed E-state index contributed by atoms with van der Waals surface area (Å²) in [4.78, 5) is 3.38. The average Bonchev–Trinajstić information content (AvgIpc) is 1.65. The van der Waals surface area contributed by atoms with Gasteiger partial charge in [-0.3, -0.25) is 0 Å². The predicted octanol–water partition coefficient (Wildman–Crippen LogP) is 2.34. The molecule has 0 saturated heterocycles. The maximum absolute atomic E-state index is 6.63. The van der Waals surface area contributed by atoms with Gasteiger partial charge in [0, 0.05) is 13.3 Å². The highest BCUT2D eigenvalue weighted by molar-refractivity contribution is 4.73. The van der Waals surface area contributed by atoms with Gasteiger partial charge in [0.2, 0.25) is 6.04 Å². The molecule has 0 bridgehead atoms. The first-order chi connectivity index (χ1) is 3.66. The molecule has 1 atom stereocenters. The normalized spacial score (nSPS) is 13.4. The van der Waals surface area contributed by atoms with E-state index in [-0.39, 0.29) is 6.04 Å². The summed E-state index contributed by atoms with van der Waals surface area (Å²) in [5.74, 6) is 0.666. The third-order valence-corrected chi connectivity index (χ3v) is 1.03. The van der Waals surface area contributed by atoms with Crippen LogP contribution in [0.15, 0.2) is 0 Å². The van der Waals surface area contributed by atoms with Crippen molar-refractivity contribution in [1.29, 1.82) is 0 Å². The lowest BCUT2D eigenvalue weighted by atomic mass is 10.1. The Labute approximate surface area is 51.5 Å². The monoisotopic (exact) mass is 111 g/mol. The lowest BCUT2D eigenvalue weighted by Gasteiger charge is -2.00. The van der Waals surface area contributed by atoms with Crippen LogP contribution in [-0.4, -0.2) is 6.04 Å². The molecule has 8 heavy (non-hydrogen) atoms. The summed E-state index contributed by atoms with van der Waals surface area (Å²) in [5.41, 5.74) is 0. The van der Waals surface area contributed by atoms with Crippen molar-refractivity contribution in [2.75, 3.05) is 0 Å². The maximum Gasteiger partial charge on any atom is 0.221 e. The zero-order valence-electron chi connectivity index (χ0n) is 5.81. The Morgan fingerprint density at radius 3 is 2.00 bits per heavy atom. The largest absolute Gasteiger partial charge is 0.314 e. The summed E-state index contributed by atoms with van der Waals surface area (Å²) in [7, 11) is 0. The Hall–Kier alpha value is -0.510. The van der Waals surface area contributed by atoms with Gasteiger partial charge >= 0.3 is 0 Å². The molecule has 0 heterocycles. The lowest BCUT2D eigenvalue weighted by Crippen LogP contribution is -1.99. The van der Waals surface area contributed by atoms with Crippen LogP contribution in [0, 0.1) is 12.5 Å². The molecular formula is C7H13N. The first kappa shape index (κ1) is 7.49. The average molecular weight is 111 g/mol. The summed E-state index contributed by atoms with van der Waals surface area (Å²) in [5, 5.41) is 0. The second-order valence-electron chi connectivity index (χ2n) is 2.61. The molecule has 0 aliphatic heterocycles. The minimum Gasteiger partial charge on any atom is -0.314 e. The molecule has 0 aromatic carbocycles. The Morgan fingerprint density at radius 1 is 1.38 bits per heavy atom. The molecule has 0 spiro atoms. The van der Waals surface area contributed by atoms with Crippen molar-refractivity contribution in [2.24, 2.45) is 5.92 Å². The fourth-order valence-electron chi connectivity index (χ4n) is 0.735. The maximum atomic E-state index is 6.63. The van der Waals surface area contributed by atoms with E-state index in [0.717, 1.165) is 6.42 Å². The quantitative estimate of drug-likeness (QED) is 0.482. The third-order valence-electron chi connectivity index (χ3n) is 1.03. The third kappa shape index (κ3) is 3.67. The van der Waals surface area contributed by atoms with Crippen molar-refractivity contribution in [3.8, 4) is 0 Å². The van der Waals surface area contributed by atoms with Crippen molar-refractivity contribution >= 4 is 0 Å². The fraction of sp³-hybridized carbons (Fsp3) is 0.857. The summed E-state index contributed by atoms with van der Waals surface area (Å²) in [6, 6.07) is 0.218. The highest BCUT2D eigenvalue weighted by atomic mass is 14.7. The van der Waals surface area contributed by atoms with E-state index in [1.807, 2.05) is 6.92 Å². The van der Waals surface area contributed by atoms with Crippen molar-refractivity contribution in [3.05, 3.63) is 11.4 Å². The van der Waals surface area contributed by atoms with Crippen molar-refractivity contribution in [1.82, 2.24) is 0 Å². The van der Waals surface area contributed by atoms with E-state index in [2.05, 4.69) is 18.7 Å². The Kier molecular flexibility index (Phi) is 3.26. The molecule has 0 saturated carbocycles. The van der Waals surface area contributed by atoms with Gasteiger partial charge in [0.1, 0.15) is 0 Å². The van der Waals surface area contributed by atoms with Crippen LogP contribution in [0.5, 0.6) is 0 Å².